The van der Waals surface area contributed by atoms with Gasteiger partial charge in [0.15, 0.2) is 0 Å². The average Bonchev–Trinajstić information content (AvgIpc) is 2.83. The first kappa shape index (κ1) is 10.8. The molecule has 3 nitrogen and oxygen atoms in total. The number of nitrogens with two attached hydrogens (primary N) is 1. The third kappa shape index (κ3) is 1.95. The lowest BCUT2D eigenvalue weighted by Crippen LogP contribution is -2.15. The van der Waals surface area contributed by atoms with Crippen LogP contribution in [-0.2, 0) is 0 Å². The molecule has 0 aliphatic carbocycles. The lowest BCUT2D eigenvalue weighted by Gasteiger charge is -2.05. The van der Waals surface area contributed by atoms with Gasteiger partial charge in [0.2, 0.25) is 0 Å². The smallest absolute Gasteiger partial charge is 0.126 e. The third-order valence-electron chi connectivity index (χ3n) is 3.04. The van der Waals surface area contributed by atoms with E-state index >= 15 is 0 Å². The average molecular weight is 238 g/mol. The van der Waals surface area contributed by atoms with Crippen molar-refractivity contribution in [1.29, 1.82) is 0 Å². The summed E-state index contributed by atoms with van der Waals surface area (Å²) in [5, 5.41) is 0. The zero-order valence-corrected chi connectivity index (χ0v) is 9.91. The fourth-order valence-corrected chi connectivity index (χ4v) is 2.10. The Bertz CT molecular complexity index is 578. The van der Waals surface area contributed by atoms with Crippen molar-refractivity contribution in [2.24, 2.45) is 10.7 Å². The fourth-order valence-electron chi connectivity index (χ4n) is 2.10. The Morgan fingerprint density at radius 2 is 1.78 bits per heavy atom. The largest absolute Gasteiger partial charge is 0.491 e. The number of nitrogens with zero attached hydrogens (tertiary/aromatic N) is 1. The second-order valence-corrected chi connectivity index (χ2v) is 4.24. The standard InChI is InChI=1S/C15H14N2O/c16-15(11-6-2-1-3-7-11)17-13-10-18-14-9-5-4-8-12(13)14/h1-9,13H,10H2,(H2,16,17). The van der Waals surface area contributed by atoms with Gasteiger partial charge in [0.1, 0.15) is 24.2 Å². The lowest BCUT2D eigenvalue weighted by molar-refractivity contribution is 0.334. The molecule has 3 rings (SSSR count). The number of hydrogen-bond acceptors (Lipinski definition) is 2. The second-order valence-electron chi connectivity index (χ2n) is 4.24. The normalized spacial score (nSPS) is 18.2. The maximum atomic E-state index is 6.03. The summed E-state index contributed by atoms with van der Waals surface area (Å²) < 4.78 is 5.59. The van der Waals surface area contributed by atoms with Gasteiger partial charge in [-0.05, 0) is 6.07 Å². The topological polar surface area (TPSA) is 47.6 Å². The first-order valence-electron chi connectivity index (χ1n) is 5.95. The molecule has 0 amide bonds. The van der Waals surface area contributed by atoms with Crippen LogP contribution in [0.15, 0.2) is 59.6 Å². The van der Waals surface area contributed by atoms with Crippen molar-refractivity contribution in [3.8, 4) is 5.75 Å². The highest BCUT2D eigenvalue weighted by Crippen LogP contribution is 2.34. The highest BCUT2D eigenvalue weighted by atomic mass is 16.5. The molecule has 0 bridgehead atoms. The van der Waals surface area contributed by atoms with E-state index < -0.39 is 0 Å². The van der Waals surface area contributed by atoms with Crippen molar-refractivity contribution in [2.75, 3.05) is 6.61 Å². The predicted molar refractivity (Wildman–Crippen MR) is 71.8 cm³/mol. The van der Waals surface area contributed by atoms with Crippen LogP contribution in [0.2, 0.25) is 0 Å². The zero-order valence-electron chi connectivity index (χ0n) is 9.91. The van der Waals surface area contributed by atoms with E-state index in [9.17, 15) is 0 Å². The minimum Gasteiger partial charge on any atom is -0.491 e. The number of hydrogen-bond donors (Lipinski definition) is 1. The van der Waals surface area contributed by atoms with Gasteiger partial charge < -0.3 is 10.5 Å². The minimum absolute atomic E-state index is 0.00130. The summed E-state index contributed by atoms with van der Waals surface area (Å²) in [7, 11) is 0. The number of aliphatic imine (C=N–C) groups is 1. The van der Waals surface area contributed by atoms with Gasteiger partial charge in [-0.2, -0.15) is 0 Å². The van der Waals surface area contributed by atoms with Gasteiger partial charge in [0, 0.05) is 11.1 Å². The molecule has 90 valence electrons. The highest BCUT2D eigenvalue weighted by molar-refractivity contribution is 5.97. The van der Waals surface area contributed by atoms with Gasteiger partial charge in [-0.1, -0.05) is 48.5 Å². The quantitative estimate of drug-likeness (QED) is 0.645. The summed E-state index contributed by atoms with van der Waals surface area (Å²) in [6, 6.07) is 17.7. The van der Waals surface area contributed by atoms with Gasteiger partial charge in [-0.25, -0.2) is 0 Å². The van der Waals surface area contributed by atoms with Crippen LogP contribution in [0.5, 0.6) is 5.75 Å². The van der Waals surface area contributed by atoms with E-state index in [1.54, 1.807) is 0 Å². The van der Waals surface area contributed by atoms with Crippen molar-refractivity contribution in [2.45, 2.75) is 6.04 Å². The van der Waals surface area contributed by atoms with E-state index in [1.807, 2.05) is 54.6 Å². The lowest BCUT2D eigenvalue weighted by atomic mass is 10.1. The van der Waals surface area contributed by atoms with Gasteiger partial charge >= 0.3 is 0 Å². The number of amidine groups is 1. The minimum atomic E-state index is 0.00130. The number of ether oxygens (including phenoxy) is 1. The monoisotopic (exact) mass is 238 g/mol. The SMILES string of the molecule is NC(=NC1COc2ccccc21)c1ccccc1. The highest BCUT2D eigenvalue weighted by Gasteiger charge is 2.23. The van der Waals surface area contributed by atoms with Crippen LogP contribution in [0.3, 0.4) is 0 Å². The van der Waals surface area contributed by atoms with Crippen LogP contribution < -0.4 is 10.5 Å². The summed E-state index contributed by atoms with van der Waals surface area (Å²) in [5.41, 5.74) is 8.08. The van der Waals surface area contributed by atoms with Crippen LogP contribution in [0.4, 0.5) is 0 Å². The number of para-hydroxylation sites is 1. The maximum absolute atomic E-state index is 6.03. The summed E-state index contributed by atoms with van der Waals surface area (Å²) in [6.45, 7) is 0.562. The summed E-state index contributed by atoms with van der Waals surface area (Å²) in [5.74, 6) is 1.47. The Morgan fingerprint density at radius 1 is 1.06 bits per heavy atom. The van der Waals surface area contributed by atoms with Gasteiger partial charge in [0.25, 0.3) is 0 Å². The zero-order chi connectivity index (χ0) is 12.4. The molecule has 1 aliphatic rings. The molecular formula is C15H14N2O. The van der Waals surface area contributed by atoms with Crippen LogP contribution >= 0.6 is 0 Å². The molecule has 2 aromatic carbocycles. The summed E-state index contributed by atoms with van der Waals surface area (Å²) in [4.78, 5) is 4.56. The first-order valence-corrected chi connectivity index (χ1v) is 5.95. The van der Waals surface area contributed by atoms with E-state index in [-0.39, 0.29) is 6.04 Å². The fraction of sp³-hybridized carbons (Fsp3) is 0.133. The Morgan fingerprint density at radius 3 is 2.61 bits per heavy atom. The van der Waals surface area contributed by atoms with Crippen molar-refractivity contribution < 1.29 is 4.74 Å². The third-order valence-corrected chi connectivity index (χ3v) is 3.04. The molecule has 0 spiro atoms. The molecule has 1 atom stereocenters. The van der Waals surface area contributed by atoms with Crippen molar-refractivity contribution >= 4 is 5.84 Å². The van der Waals surface area contributed by atoms with E-state index in [1.165, 1.54) is 0 Å². The molecule has 0 fully saturated rings. The van der Waals surface area contributed by atoms with Gasteiger partial charge in [-0.15, -0.1) is 0 Å². The molecule has 2 aromatic rings. The Labute approximate surface area is 106 Å². The number of fused-ring (bicyclic) bond motifs is 1. The van der Waals surface area contributed by atoms with E-state index in [0.29, 0.717) is 12.4 Å². The molecular weight excluding hydrogens is 224 g/mol. The molecule has 1 aliphatic heterocycles. The first-order chi connectivity index (χ1) is 8.84. The van der Waals surface area contributed by atoms with E-state index in [4.69, 9.17) is 10.5 Å². The van der Waals surface area contributed by atoms with Gasteiger partial charge in [0.05, 0.1) is 0 Å². The maximum Gasteiger partial charge on any atom is 0.126 e. The van der Waals surface area contributed by atoms with Crippen molar-refractivity contribution in [3.05, 3.63) is 65.7 Å². The molecule has 0 saturated carbocycles. The number of rotatable bonds is 2. The van der Waals surface area contributed by atoms with Crippen LogP contribution in [0.1, 0.15) is 17.2 Å². The molecule has 0 saturated heterocycles. The summed E-state index contributed by atoms with van der Waals surface area (Å²) >= 11 is 0. The molecule has 2 N–H and O–H groups in total. The van der Waals surface area contributed by atoms with Crippen molar-refractivity contribution in [3.63, 3.8) is 0 Å². The number of benzene rings is 2. The summed E-state index contributed by atoms with van der Waals surface area (Å²) in [6.07, 6.45) is 0. The van der Waals surface area contributed by atoms with E-state index in [0.717, 1.165) is 16.9 Å². The Kier molecular flexibility index (Phi) is 2.73. The Balaban J connectivity index is 1.90. The second kappa shape index (κ2) is 4.53. The van der Waals surface area contributed by atoms with Crippen LogP contribution in [-0.4, -0.2) is 12.4 Å². The van der Waals surface area contributed by atoms with E-state index in [2.05, 4.69) is 4.99 Å². The molecule has 1 unspecified atom stereocenters. The predicted octanol–water partition coefficient (Wildman–Crippen LogP) is 2.53. The van der Waals surface area contributed by atoms with Crippen molar-refractivity contribution in [1.82, 2.24) is 0 Å². The van der Waals surface area contributed by atoms with Gasteiger partial charge in [-0.3, -0.25) is 4.99 Å². The molecule has 0 aromatic heterocycles. The molecule has 0 radical (unpaired) electrons. The van der Waals surface area contributed by atoms with Crippen LogP contribution in [0.25, 0.3) is 0 Å². The van der Waals surface area contributed by atoms with Crippen LogP contribution in [0, 0.1) is 0 Å². The molecule has 3 heteroatoms. The Hall–Kier alpha value is -2.29. The molecule has 18 heavy (non-hydrogen) atoms. The molecule has 1 heterocycles.